The Bertz CT molecular complexity index is 967. The molecule has 0 aliphatic heterocycles. The minimum atomic E-state index is -0.421. The van der Waals surface area contributed by atoms with Gasteiger partial charge in [0.05, 0.1) is 22.9 Å². The zero-order chi connectivity index (χ0) is 19.9. The summed E-state index contributed by atoms with van der Waals surface area (Å²) in [4.78, 5) is 28.6. The van der Waals surface area contributed by atoms with E-state index < -0.39 is 5.97 Å². The first-order valence-electron chi connectivity index (χ1n) is 8.77. The molecule has 0 saturated carbocycles. The number of ether oxygens (including phenoxy) is 2. The third-order valence-corrected chi connectivity index (χ3v) is 4.62. The van der Waals surface area contributed by atoms with Gasteiger partial charge in [0.25, 0.3) is 5.91 Å². The smallest absolute Gasteiger partial charge is 0.338 e. The molecule has 144 valence electrons. The van der Waals surface area contributed by atoms with E-state index in [4.69, 9.17) is 9.47 Å². The van der Waals surface area contributed by atoms with Crippen molar-refractivity contribution in [3.05, 3.63) is 75.7 Å². The van der Waals surface area contributed by atoms with Crippen LogP contribution in [-0.2, 0) is 11.3 Å². The van der Waals surface area contributed by atoms with Gasteiger partial charge in [0.1, 0.15) is 12.4 Å². The average Bonchev–Trinajstić information content (AvgIpc) is 3.12. The van der Waals surface area contributed by atoms with Crippen molar-refractivity contribution in [1.29, 1.82) is 0 Å². The summed E-state index contributed by atoms with van der Waals surface area (Å²) in [5.41, 5.74) is 2.28. The Morgan fingerprint density at radius 3 is 2.57 bits per heavy atom. The number of rotatable bonds is 7. The third-order valence-electron chi connectivity index (χ3n) is 3.80. The SMILES string of the molecule is CCOC(=O)c1cccc(NC(=O)c2ccc(OCc3csc(C)n3)cc2)c1. The Morgan fingerprint density at radius 1 is 1.11 bits per heavy atom. The predicted octanol–water partition coefficient (Wildman–Crippen LogP) is 4.46. The maximum absolute atomic E-state index is 12.4. The van der Waals surface area contributed by atoms with Crippen LogP contribution >= 0.6 is 11.3 Å². The number of carbonyl (C=O) groups is 2. The maximum Gasteiger partial charge on any atom is 0.338 e. The van der Waals surface area contributed by atoms with Crippen LogP contribution in [0, 0.1) is 6.92 Å². The predicted molar refractivity (Wildman–Crippen MR) is 108 cm³/mol. The zero-order valence-electron chi connectivity index (χ0n) is 15.6. The van der Waals surface area contributed by atoms with Crippen LogP contribution in [0.3, 0.4) is 0 Å². The van der Waals surface area contributed by atoms with Crippen LogP contribution in [0.15, 0.2) is 53.9 Å². The van der Waals surface area contributed by atoms with Gasteiger partial charge in [0, 0.05) is 16.6 Å². The zero-order valence-corrected chi connectivity index (χ0v) is 16.4. The summed E-state index contributed by atoms with van der Waals surface area (Å²) in [6.07, 6.45) is 0. The Balaban J connectivity index is 1.60. The van der Waals surface area contributed by atoms with Gasteiger partial charge in [0.15, 0.2) is 0 Å². The number of esters is 1. The molecular weight excluding hydrogens is 376 g/mol. The Hall–Kier alpha value is -3.19. The molecule has 0 spiro atoms. The highest BCUT2D eigenvalue weighted by molar-refractivity contribution is 7.09. The highest BCUT2D eigenvalue weighted by Gasteiger charge is 2.10. The highest BCUT2D eigenvalue weighted by Crippen LogP contribution is 2.17. The van der Waals surface area contributed by atoms with Gasteiger partial charge >= 0.3 is 5.97 Å². The number of thiazole rings is 1. The number of aryl methyl sites for hydroxylation is 1. The van der Waals surface area contributed by atoms with Gasteiger partial charge in [0.2, 0.25) is 0 Å². The lowest BCUT2D eigenvalue weighted by Crippen LogP contribution is -2.12. The van der Waals surface area contributed by atoms with Gasteiger partial charge in [-0.1, -0.05) is 6.07 Å². The minimum absolute atomic E-state index is 0.275. The molecule has 0 saturated heterocycles. The number of anilines is 1. The second-order valence-electron chi connectivity index (χ2n) is 5.93. The van der Waals surface area contributed by atoms with Gasteiger partial charge in [-0.2, -0.15) is 0 Å². The number of nitrogens with one attached hydrogen (secondary N) is 1. The van der Waals surface area contributed by atoms with Gasteiger partial charge in [-0.25, -0.2) is 9.78 Å². The third kappa shape index (κ3) is 5.17. The van der Waals surface area contributed by atoms with E-state index in [2.05, 4.69) is 10.3 Å². The molecule has 0 fully saturated rings. The standard InChI is InChI=1S/C21H20N2O4S/c1-3-26-21(25)16-5-4-6-17(11-16)23-20(24)15-7-9-19(10-8-15)27-12-18-13-28-14(2)22-18/h4-11,13H,3,12H2,1-2H3,(H,23,24). The second kappa shape index (κ2) is 9.14. The number of hydrogen-bond acceptors (Lipinski definition) is 6. The summed E-state index contributed by atoms with van der Waals surface area (Å²) in [6.45, 7) is 4.38. The molecule has 3 aromatic rings. The molecule has 0 radical (unpaired) electrons. The summed E-state index contributed by atoms with van der Waals surface area (Å²) < 4.78 is 10.7. The van der Waals surface area contributed by atoms with Crippen LogP contribution in [0.4, 0.5) is 5.69 Å². The molecule has 0 aliphatic rings. The van der Waals surface area contributed by atoms with Crippen LogP contribution in [0.1, 0.15) is 38.3 Å². The maximum atomic E-state index is 12.4. The van der Waals surface area contributed by atoms with Crippen molar-refractivity contribution in [3.8, 4) is 5.75 Å². The summed E-state index contributed by atoms with van der Waals surface area (Å²) in [5, 5.41) is 5.74. The molecule has 0 atom stereocenters. The van der Waals surface area contributed by atoms with Gasteiger partial charge in [-0.3, -0.25) is 4.79 Å². The molecule has 1 heterocycles. The molecule has 0 aliphatic carbocycles. The molecular formula is C21H20N2O4S. The molecule has 3 rings (SSSR count). The van der Waals surface area contributed by atoms with Crippen LogP contribution < -0.4 is 10.1 Å². The fourth-order valence-electron chi connectivity index (χ4n) is 2.48. The van der Waals surface area contributed by atoms with Gasteiger partial charge in [-0.05, 0) is 56.3 Å². The summed E-state index contributed by atoms with van der Waals surface area (Å²) in [5.74, 6) is -0.0374. The fraction of sp³-hybridized carbons (Fsp3) is 0.190. The van der Waals surface area contributed by atoms with Crippen LogP contribution in [0.25, 0.3) is 0 Å². The van der Waals surface area contributed by atoms with E-state index in [1.54, 1.807) is 66.8 Å². The van der Waals surface area contributed by atoms with Crippen LogP contribution in [0.5, 0.6) is 5.75 Å². The summed E-state index contributed by atoms with van der Waals surface area (Å²) in [6, 6.07) is 13.5. The Morgan fingerprint density at radius 2 is 1.89 bits per heavy atom. The first-order chi connectivity index (χ1) is 13.5. The molecule has 2 aromatic carbocycles. The van der Waals surface area contributed by atoms with E-state index in [1.807, 2.05) is 12.3 Å². The normalized spacial score (nSPS) is 10.4. The van der Waals surface area contributed by atoms with Crippen molar-refractivity contribution in [2.45, 2.75) is 20.5 Å². The molecule has 0 unspecified atom stereocenters. The van der Waals surface area contributed by atoms with Gasteiger partial charge in [-0.15, -0.1) is 11.3 Å². The molecule has 1 aromatic heterocycles. The lowest BCUT2D eigenvalue weighted by Gasteiger charge is -2.08. The summed E-state index contributed by atoms with van der Waals surface area (Å²) in [7, 11) is 0. The number of benzene rings is 2. The lowest BCUT2D eigenvalue weighted by atomic mass is 10.1. The van der Waals surface area contributed by atoms with Crippen LogP contribution in [0.2, 0.25) is 0 Å². The molecule has 6 nitrogen and oxygen atoms in total. The van der Waals surface area contributed by atoms with E-state index in [0.717, 1.165) is 10.7 Å². The molecule has 1 N–H and O–H groups in total. The fourth-order valence-corrected chi connectivity index (χ4v) is 3.07. The lowest BCUT2D eigenvalue weighted by molar-refractivity contribution is 0.0526. The first-order valence-corrected chi connectivity index (χ1v) is 9.65. The van der Waals surface area contributed by atoms with Crippen molar-refractivity contribution in [2.75, 3.05) is 11.9 Å². The topological polar surface area (TPSA) is 77.5 Å². The van der Waals surface area contributed by atoms with Gasteiger partial charge < -0.3 is 14.8 Å². The van der Waals surface area contributed by atoms with E-state index in [9.17, 15) is 9.59 Å². The van der Waals surface area contributed by atoms with Crippen molar-refractivity contribution in [2.24, 2.45) is 0 Å². The monoisotopic (exact) mass is 396 g/mol. The second-order valence-corrected chi connectivity index (χ2v) is 6.99. The molecule has 28 heavy (non-hydrogen) atoms. The van der Waals surface area contributed by atoms with Crippen LogP contribution in [-0.4, -0.2) is 23.5 Å². The Kier molecular flexibility index (Phi) is 6.39. The number of nitrogens with zero attached hydrogens (tertiary/aromatic N) is 1. The quantitative estimate of drug-likeness (QED) is 0.597. The average molecular weight is 396 g/mol. The number of amides is 1. The Labute approximate surface area is 167 Å². The number of carbonyl (C=O) groups excluding carboxylic acids is 2. The largest absolute Gasteiger partial charge is 0.487 e. The first kappa shape index (κ1) is 19.6. The van der Waals surface area contributed by atoms with Crippen molar-refractivity contribution in [1.82, 2.24) is 4.98 Å². The minimum Gasteiger partial charge on any atom is -0.487 e. The molecule has 7 heteroatoms. The summed E-state index contributed by atoms with van der Waals surface area (Å²) >= 11 is 1.58. The van der Waals surface area contributed by atoms with E-state index >= 15 is 0 Å². The molecule has 0 bridgehead atoms. The number of aromatic nitrogens is 1. The van der Waals surface area contributed by atoms with E-state index in [1.165, 1.54) is 0 Å². The molecule has 1 amide bonds. The van der Waals surface area contributed by atoms with Crippen molar-refractivity contribution >= 4 is 28.9 Å². The van der Waals surface area contributed by atoms with Crippen molar-refractivity contribution < 1.29 is 19.1 Å². The highest BCUT2D eigenvalue weighted by atomic mass is 32.1. The van der Waals surface area contributed by atoms with E-state index in [-0.39, 0.29) is 5.91 Å². The number of hydrogen-bond donors (Lipinski definition) is 1. The van der Waals surface area contributed by atoms with E-state index in [0.29, 0.717) is 35.8 Å². The van der Waals surface area contributed by atoms with Crippen molar-refractivity contribution in [3.63, 3.8) is 0 Å².